The zero-order valence-electron chi connectivity index (χ0n) is 12.0. The van der Waals surface area contributed by atoms with Crippen LogP contribution in [-0.4, -0.2) is 17.3 Å². The first-order valence-corrected chi connectivity index (χ1v) is 7.95. The molecule has 1 heteroatoms. The van der Waals surface area contributed by atoms with E-state index in [0.717, 1.165) is 6.42 Å². The van der Waals surface area contributed by atoms with Gasteiger partial charge >= 0.3 is 0 Å². The molecule has 1 saturated heterocycles. The zero-order chi connectivity index (χ0) is 13.8. The lowest BCUT2D eigenvalue weighted by Crippen LogP contribution is -2.21. The molecule has 0 aromatic heterocycles. The maximum Gasteiger partial charge on any atom is 0.178 e. The van der Waals surface area contributed by atoms with Crippen LogP contribution in [0.4, 0.5) is 0 Å². The molecule has 0 aliphatic carbocycles. The minimum Gasteiger partial charge on any atom is -0.232 e. The summed E-state index contributed by atoms with van der Waals surface area (Å²) in [5.41, 5.74) is 3.16. The molecule has 0 N–H and O–H groups in total. The van der Waals surface area contributed by atoms with E-state index in [-0.39, 0.29) is 0 Å². The van der Waals surface area contributed by atoms with Crippen molar-refractivity contribution < 1.29 is 4.58 Å². The first-order chi connectivity index (χ1) is 10.4. The van der Waals surface area contributed by atoms with Gasteiger partial charge in [-0.2, -0.15) is 0 Å². The first-order valence-electron chi connectivity index (χ1n) is 7.95. The Balaban J connectivity index is 2.00. The summed E-state index contributed by atoms with van der Waals surface area (Å²) in [5, 5.41) is 5.75. The fourth-order valence-electron chi connectivity index (χ4n) is 4.37. The summed E-state index contributed by atoms with van der Waals surface area (Å²) in [6.07, 6.45) is 6.13. The highest BCUT2D eigenvalue weighted by Crippen LogP contribution is 2.42. The Morgan fingerprint density at radius 2 is 1.48 bits per heavy atom. The van der Waals surface area contributed by atoms with E-state index in [1.807, 2.05) is 0 Å². The van der Waals surface area contributed by atoms with Gasteiger partial charge in [0.15, 0.2) is 6.04 Å². The van der Waals surface area contributed by atoms with Crippen LogP contribution in [0.2, 0.25) is 0 Å². The highest BCUT2D eigenvalue weighted by molar-refractivity contribution is 6.11. The van der Waals surface area contributed by atoms with Gasteiger partial charge in [0.2, 0.25) is 0 Å². The highest BCUT2D eigenvalue weighted by Gasteiger charge is 2.36. The van der Waals surface area contributed by atoms with Crippen molar-refractivity contribution in [2.75, 3.05) is 6.54 Å². The number of hydrogen-bond acceptors (Lipinski definition) is 0. The summed E-state index contributed by atoms with van der Waals surface area (Å²) >= 11 is 0. The number of fused-ring (bicyclic) bond motifs is 8. The lowest BCUT2D eigenvalue weighted by Gasteiger charge is -2.22. The molecule has 1 unspecified atom stereocenters. The van der Waals surface area contributed by atoms with E-state index in [1.54, 1.807) is 11.1 Å². The SMILES string of the molecule is C1=[N+]2CCCC2c2c(c3ccccc3c3ccccc23)C1. The standard InChI is InChI=1S/C20H18N/c1-2-8-16-14(6-1)15-7-3-4-9-17(15)20-18(16)11-13-21-12-5-10-19(20)21/h1-4,6-9,13,19H,5,10-12H2/q+1. The zero-order valence-corrected chi connectivity index (χ0v) is 12.0. The monoisotopic (exact) mass is 272 g/mol. The van der Waals surface area contributed by atoms with Crippen LogP contribution in [0.3, 0.4) is 0 Å². The molecule has 0 radical (unpaired) electrons. The predicted molar refractivity (Wildman–Crippen MR) is 88.3 cm³/mol. The Morgan fingerprint density at radius 1 is 0.810 bits per heavy atom. The van der Waals surface area contributed by atoms with Crippen LogP contribution in [0.15, 0.2) is 48.5 Å². The van der Waals surface area contributed by atoms with Gasteiger partial charge in [0, 0.05) is 18.4 Å². The maximum atomic E-state index is 2.57. The molecular formula is C20H18N+. The van der Waals surface area contributed by atoms with Crippen molar-refractivity contribution in [1.82, 2.24) is 0 Å². The number of benzene rings is 3. The molecule has 1 fully saturated rings. The molecule has 5 rings (SSSR count). The molecule has 102 valence electrons. The minimum absolute atomic E-state index is 0.600. The van der Waals surface area contributed by atoms with E-state index in [2.05, 4.69) is 59.3 Å². The third kappa shape index (κ3) is 1.49. The van der Waals surface area contributed by atoms with Crippen molar-refractivity contribution in [2.24, 2.45) is 0 Å². The summed E-state index contributed by atoms with van der Waals surface area (Å²) in [5.74, 6) is 0. The molecule has 0 saturated carbocycles. The smallest absolute Gasteiger partial charge is 0.178 e. The van der Waals surface area contributed by atoms with Crippen molar-refractivity contribution in [1.29, 1.82) is 0 Å². The van der Waals surface area contributed by atoms with Gasteiger partial charge in [-0.3, -0.25) is 0 Å². The van der Waals surface area contributed by atoms with Crippen molar-refractivity contribution in [2.45, 2.75) is 25.3 Å². The summed E-state index contributed by atoms with van der Waals surface area (Å²) in [7, 11) is 0. The fraction of sp³-hybridized carbons (Fsp3) is 0.250. The van der Waals surface area contributed by atoms with Crippen molar-refractivity contribution in [3.05, 3.63) is 59.7 Å². The number of hydrogen-bond donors (Lipinski definition) is 0. The Morgan fingerprint density at radius 3 is 2.29 bits per heavy atom. The van der Waals surface area contributed by atoms with E-state index in [1.165, 1.54) is 40.9 Å². The van der Waals surface area contributed by atoms with E-state index in [9.17, 15) is 0 Å². The quantitative estimate of drug-likeness (QED) is 0.419. The molecule has 2 aliphatic heterocycles. The van der Waals surface area contributed by atoms with Crippen LogP contribution in [0.1, 0.15) is 30.0 Å². The Hall–Kier alpha value is -2.15. The van der Waals surface area contributed by atoms with E-state index < -0.39 is 0 Å². The second-order valence-corrected chi connectivity index (χ2v) is 6.27. The molecule has 2 heterocycles. The third-order valence-electron chi connectivity index (χ3n) is 5.24. The van der Waals surface area contributed by atoms with Gasteiger partial charge in [0.05, 0.1) is 6.42 Å². The van der Waals surface area contributed by atoms with Gasteiger partial charge in [0.1, 0.15) is 12.8 Å². The van der Waals surface area contributed by atoms with Crippen molar-refractivity contribution >= 4 is 27.8 Å². The molecule has 0 amide bonds. The molecule has 3 aromatic rings. The second kappa shape index (κ2) is 4.17. The molecule has 1 atom stereocenters. The Bertz CT molecular complexity index is 904. The van der Waals surface area contributed by atoms with Gasteiger partial charge < -0.3 is 0 Å². The molecular weight excluding hydrogens is 254 g/mol. The van der Waals surface area contributed by atoms with Crippen LogP contribution in [0, 0.1) is 0 Å². The van der Waals surface area contributed by atoms with Crippen LogP contribution in [-0.2, 0) is 6.42 Å². The maximum absolute atomic E-state index is 2.57. The molecule has 0 spiro atoms. The average molecular weight is 272 g/mol. The average Bonchev–Trinajstić information content (AvgIpc) is 3.03. The van der Waals surface area contributed by atoms with Crippen LogP contribution >= 0.6 is 0 Å². The summed E-state index contributed by atoms with van der Waals surface area (Å²) in [4.78, 5) is 0. The lowest BCUT2D eigenvalue weighted by molar-refractivity contribution is -0.548. The van der Waals surface area contributed by atoms with Gasteiger partial charge in [-0.15, -0.1) is 0 Å². The third-order valence-corrected chi connectivity index (χ3v) is 5.24. The van der Waals surface area contributed by atoms with Crippen molar-refractivity contribution in [3.63, 3.8) is 0 Å². The van der Waals surface area contributed by atoms with Crippen LogP contribution < -0.4 is 0 Å². The predicted octanol–water partition coefficient (Wildman–Crippen LogP) is 4.47. The summed E-state index contributed by atoms with van der Waals surface area (Å²) in [6, 6.07) is 18.5. The topological polar surface area (TPSA) is 3.01 Å². The lowest BCUT2D eigenvalue weighted by atomic mass is 9.85. The largest absolute Gasteiger partial charge is 0.232 e. The van der Waals surface area contributed by atoms with E-state index >= 15 is 0 Å². The van der Waals surface area contributed by atoms with E-state index in [4.69, 9.17) is 0 Å². The molecule has 3 aromatic carbocycles. The Kier molecular flexibility index (Phi) is 2.29. The Labute approximate surface area is 124 Å². The van der Waals surface area contributed by atoms with Gasteiger partial charge in [-0.1, -0.05) is 48.5 Å². The minimum atomic E-state index is 0.600. The highest BCUT2D eigenvalue weighted by atomic mass is 15.1. The van der Waals surface area contributed by atoms with Crippen LogP contribution in [0.5, 0.6) is 0 Å². The summed E-state index contributed by atoms with van der Waals surface area (Å²) < 4.78 is 2.57. The van der Waals surface area contributed by atoms with Gasteiger partial charge in [0.25, 0.3) is 0 Å². The van der Waals surface area contributed by atoms with Crippen molar-refractivity contribution in [3.8, 4) is 0 Å². The van der Waals surface area contributed by atoms with E-state index in [0.29, 0.717) is 6.04 Å². The molecule has 2 aliphatic rings. The van der Waals surface area contributed by atoms with Gasteiger partial charge in [-0.25, -0.2) is 4.58 Å². The first kappa shape index (κ1) is 11.5. The molecule has 21 heavy (non-hydrogen) atoms. The normalized spacial score (nSPS) is 20.4. The molecule has 1 nitrogen and oxygen atoms in total. The summed E-state index contributed by atoms with van der Waals surface area (Å²) in [6.45, 7) is 1.23. The number of nitrogens with zero attached hydrogens (tertiary/aromatic N) is 1. The molecule has 0 bridgehead atoms. The van der Waals surface area contributed by atoms with Crippen LogP contribution in [0.25, 0.3) is 21.5 Å². The fourth-order valence-corrected chi connectivity index (χ4v) is 4.37. The number of rotatable bonds is 0. The second-order valence-electron chi connectivity index (χ2n) is 6.27. The van der Waals surface area contributed by atoms with Gasteiger partial charge in [-0.05, 0) is 27.1 Å².